The fourth-order valence-corrected chi connectivity index (χ4v) is 2.58. The average molecular weight is 348 g/mol. The molecule has 0 saturated carbocycles. The van der Waals surface area contributed by atoms with E-state index in [4.69, 9.17) is 16.3 Å². The van der Waals surface area contributed by atoms with Crippen LogP contribution in [0.15, 0.2) is 36.5 Å². The summed E-state index contributed by atoms with van der Waals surface area (Å²) < 4.78 is 6.54. The molecule has 0 bridgehead atoms. The average Bonchev–Trinajstić information content (AvgIpc) is 2.98. The van der Waals surface area contributed by atoms with Gasteiger partial charge < -0.3 is 19.8 Å². The molecule has 0 spiro atoms. The Morgan fingerprint density at radius 3 is 2.88 bits per heavy atom. The van der Waals surface area contributed by atoms with Crippen LogP contribution in [0.3, 0.4) is 0 Å². The molecule has 8 nitrogen and oxygen atoms in total. The maximum atomic E-state index is 11.0. The molecule has 0 amide bonds. The maximum absolute atomic E-state index is 11.0. The van der Waals surface area contributed by atoms with Gasteiger partial charge in [0.15, 0.2) is 5.82 Å². The second kappa shape index (κ2) is 6.32. The van der Waals surface area contributed by atoms with Crippen LogP contribution in [0.25, 0.3) is 5.65 Å². The molecule has 24 heavy (non-hydrogen) atoms. The number of nitro groups is 1. The van der Waals surface area contributed by atoms with Gasteiger partial charge in [0, 0.05) is 30.2 Å². The summed E-state index contributed by atoms with van der Waals surface area (Å²) in [6, 6.07) is 8.80. The minimum Gasteiger partial charge on any atom is -0.496 e. The van der Waals surface area contributed by atoms with Crippen molar-refractivity contribution < 1.29 is 9.66 Å². The van der Waals surface area contributed by atoms with Gasteiger partial charge in [0.25, 0.3) is 0 Å². The number of halogens is 1. The Morgan fingerprint density at radius 2 is 2.17 bits per heavy atom. The molecule has 0 aliphatic heterocycles. The van der Waals surface area contributed by atoms with Gasteiger partial charge in [-0.25, -0.2) is 4.98 Å². The van der Waals surface area contributed by atoms with E-state index in [2.05, 4.69) is 10.1 Å². The van der Waals surface area contributed by atoms with Crippen LogP contribution in [0.5, 0.6) is 5.75 Å². The standard InChI is InChI=1S/C15H14ClN5O3/c1-19(9-10-7-11(16)3-4-12(10)24-2)14-6-5-13-17-8-15(21(22)23)20(13)18-14/h3-8H,9H2,1-2H3. The van der Waals surface area contributed by atoms with Gasteiger partial charge in [0.1, 0.15) is 11.9 Å². The lowest BCUT2D eigenvalue weighted by atomic mass is 10.2. The van der Waals surface area contributed by atoms with Gasteiger partial charge in [-0.05, 0) is 29.2 Å². The van der Waals surface area contributed by atoms with Crippen LogP contribution in [-0.4, -0.2) is 33.7 Å². The molecule has 0 atom stereocenters. The highest BCUT2D eigenvalue weighted by Crippen LogP contribution is 2.25. The molecule has 0 unspecified atom stereocenters. The van der Waals surface area contributed by atoms with Crippen LogP contribution < -0.4 is 9.64 Å². The first kappa shape index (κ1) is 16.0. The zero-order valence-electron chi connectivity index (χ0n) is 13.0. The number of benzene rings is 1. The topological polar surface area (TPSA) is 85.8 Å². The number of rotatable bonds is 5. The molecule has 124 valence electrons. The molecule has 0 aliphatic carbocycles. The Morgan fingerprint density at radius 1 is 1.38 bits per heavy atom. The number of hydrogen-bond acceptors (Lipinski definition) is 6. The number of fused-ring (bicyclic) bond motifs is 1. The van der Waals surface area contributed by atoms with E-state index in [0.29, 0.717) is 28.8 Å². The molecule has 3 aromatic rings. The van der Waals surface area contributed by atoms with Gasteiger partial charge in [0.2, 0.25) is 5.65 Å². The number of imidazole rings is 1. The van der Waals surface area contributed by atoms with Crippen LogP contribution >= 0.6 is 11.6 Å². The number of hydrogen-bond donors (Lipinski definition) is 0. The minimum atomic E-state index is -0.517. The second-order valence-corrected chi connectivity index (χ2v) is 5.58. The Balaban J connectivity index is 1.94. The summed E-state index contributed by atoms with van der Waals surface area (Å²) in [5.74, 6) is 1.09. The quantitative estimate of drug-likeness (QED) is 0.521. The Kier molecular flexibility index (Phi) is 4.22. The summed E-state index contributed by atoms with van der Waals surface area (Å²) in [6.07, 6.45) is 1.19. The molecule has 3 rings (SSSR count). The van der Waals surface area contributed by atoms with Crippen LogP contribution in [0, 0.1) is 10.1 Å². The van der Waals surface area contributed by atoms with Crippen LogP contribution in [0.2, 0.25) is 5.02 Å². The van der Waals surface area contributed by atoms with Gasteiger partial charge in [-0.3, -0.25) is 0 Å². The summed E-state index contributed by atoms with van der Waals surface area (Å²) in [4.78, 5) is 16.3. The Labute approximate surface area is 142 Å². The minimum absolute atomic E-state index is 0.180. The van der Waals surface area contributed by atoms with Crippen molar-refractivity contribution in [1.82, 2.24) is 14.6 Å². The van der Waals surface area contributed by atoms with E-state index >= 15 is 0 Å². The normalized spacial score (nSPS) is 10.8. The van der Waals surface area contributed by atoms with Crippen molar-refractivity contribution in [3.63, 3.8) is 0 Å². The molecular weight excluding hydrogens is 334 g/mol. The first-order chi connectivity index (χ1) is 11.5. The lowest BCUT2D eigenvalue weighted by Gasteiger charge is -2.18. The first-order valence-electron chi connectivity index (χ1n) is 7.02. The van der Waals surface area contributed by atoms with E-state index in [-0.39, 0.29) is 5.82 Å². The zero-order valence-corrected chi connectivity index (χ0v) is 13.8. The van der Waals surface area contributed by atoms with Crippen molar-refractivity contribution >= 4 is 28.9 Å². The molecule has 0 radical (unpaired) electrons. The lowest BCUT2D eigenvalue weighted by molar-refractivity contribution is -0.391. The predicted octanol–water partition coefficient (Wildman–Crippen LogP) is 2.94. The van der Waals surface area contributed by atoms with Gasteiger partial charge in [-0.15, -0.1) is 0 Å². The predicted molar refractivity (Wildman–Crippen MR) is 89.8 cm³/mol. The van der Waals surface area contributed by atoms with Crippen LogP contribution in [-0.2, 0) is 6.54 Å². The van der Waals surface area contributed by atoms with Crippen molar-refractivity contribution in [1.29, 1.82) is 0 Å². The highest BCUT2D eigenvalue weighted by Gasteiger charge is 2.18. The third-order valence-electron chi connectivity index (χ3n) is 3.56. The third kappa shape index (κ3) is 2.95. The number of ether oxygens (including phenoxy) is 1. The van der Waals surface area contributed by atoms with E-state index in [1.165, 1.54) is 10.7 Å². The summed E-state index contributed by atoms with van der Waals surface area (Å²) in [5, 5.41) is 15.9. The molecular formula is C15H14ClN5O3. The number of aromatic nitrogens is 3. The molecule has 9 heteroatoms. The number of nitrogens with zero attached hydrogens (tertiary/aromatic N) is 5. The van der Waals surface area contributed by atoms with Crippen molar-refractivity contribution in [2.45, 2.75) is 6.54 Å². The van der Waals surface area contributed by atoms with Crippen molar-refractivity contribution in [3.8, 4) is 5.75 Å². The molecule has 0 fully saturated rings. The fraction of sp³-hybridized carbons (Fsp3) is 0.200. The smallest absolute Gasteiger partial charge is 0.368 e. The van der Waals surface area contributed by atoms with E-state index in [9.17, 15) is 10.1 Å². The van der Waals surface area contributed by atoms with E-state index < -0.39 is 4.92 Å². The summed E-state index contributed by atoms with van der Waals surface area (Å²) in [7, 11) is 3.42. The van der Waals surface area contributed by atoms with E-state index in [1.807, 2.05) is 18.0 Å². The number of anilines is 1. The van der Waals surface area contributed by atoms with Crippen LogP contribution in [0.1, 0.15) is 5.56 Å². The van der Waals surface area contributed by atoms with Crippen LogP contribution in [0.4, 0.5) is 11.6 Å². The highest BCUT2D eigenvalue weighted by atomic mass is 35.5. The van der Waals surface area contributed by atoms with Gasteiger partial charge >= 0.3 is 5.82 Å². The maximum Gasteiger partial charge on any atom is 0.368 e. The fourth-order valence-electron chi connectivity index (χ4n) is 2.39. The highest BCUT2D eigenvalue weighted by molar-refractivity contribution is 6.30. The third-order valence-corrected chi connectivity index (χ3v) is 3.79. The summed E-state index contributed by atoms with van der Waals surface area (Å²) in [5.41, 5.74) is 1.30. The Bertz CT molecular complexity index is 911. The van der Waals surface area contributed by atoms with E-state index in [1.54, 1.807) is 31.4 Å². The first-order valence-corrected chi connectivity index (χ1v) is 7.40. The molecule has 0 aliphatic rings. The Hall–Kier alpha value is -2.87. The summed E-state index contributed by atoms with van der Waals surface area (Å²) in [6.45, 7) is 0.477. The summed E-state index contributed by atoms with van der Waals surface area (Å²) >= 11 is 6.05. The van der Waals surface area contributed by atoms with Crippen molar-refractivity contribution in [2.24, 2.45) is 0 Å². The molecule has 0 saturated heterocycles. The molecule has 0 N–H and O–H groups in total. The SMILES string of the molecule is COc1ccc(Cl)cc1CN(C)c1ccc2ncc([N+](=O)[O-])n2n1. The molecule has 2 heterocycles. The van der Waals surface area contributed by atoms with Gasteiger partial charge in [-0.1, -0.05) is 21.2 Å². The lowest BCUT2D eigenvalue weighted by Crippen LogP contribution is -2.19. The van der Waals surface area contributed by atoms with Gasteiger partial charge in [-0.2, -0.15) is 0 Å². The van der Waals surface area contributed by atoms with Crippen molar-refractivity contribution in [2.75, 3.05) is 19.1 Å². The van der Waals surface area contributed by atoms with E-state index in [0.717, 1.165) is 5.56 Å². The largest absolute Gasteiger partial charge is 0.496 e. The number of methoxy groups -OCH3 is 1. The molecule has 1 aromatic carbocycles. The molecule has 2 aromatic heterocycles. The zero-order chi connectivity index (χ0) is 17.3. The van der Waals surface area contributed by atoms with Crippen molar-refractivity contribution in [3.05, 3.63) is 57.2 Å². The second-order valence-electron chi connectivity index (χ2n) is 5.15. The van der Waals surface area contributed by atoms with Gasteiger partial charge in [0.05, 0.1) is 7.11 Å². The monoisotopic (exact) mass is 347 g/mol.